The molecule has 2 aromatic rings. The van der Waals surface area contributed by atoms with Gasteiger partial charge in [-0.2, -0.15) is 0 Å². The molecular formula is C9H8N2O4. The zero-order valence-corrected chi connectivity index (χ0v) is 7.87. The summed E-state index contributed by atoms with van der Waals surface area (Å²) in [6.07, 6.45) is -0.577. The van der Waals surface area contributed by atoms with Gasteiger partial charge in [-0.25, -0.2) is 9.59 Å². The predicted molar refractivity (Wildman–Crippen MR) is 52.9 cm³/mol. The van der Waals surface area contributed by atoms with Gasteiger partial charge in [-0.3, -0.25) is 10.3 Å². The smallest absolute Gasteiger partial charge is 0.417 e. The highest BCUT2D eigenvalue weighted by Gasteiger charge is 2.04. The molecule has 0 spiro atoms. The van der Waals surface area contributed by atoms with E-state index in [1.807, 2.05) is 0 Å². The number of carbonyl (C=O) groups excluding carboxylic acids is 1. The molecule has 0 saturated heterocycles. The molecule has 0 unspecified atom stereocenters. The summed E-state index contributed by atoms with van der Waals surface area (Å²) >= 11 is 0. The predicted octanol–water partition coefficient (Wildman–Crippen LogP) is 1.30. The highest BCUT2D eigenvalue weighted by atomic mass is 16.5. The molecule has 2 rings (SSSR count). The van der Waals surface area contributed by atoms with Gasteiger partial charge in [0.1, 0.15) is 0 Å². The normalized spacial score (nSPS) is 10.2. The van der Waals surface area contributed by atoms with Crippen LogP contribution in [-0.4, -0.2) is 18.2 Å². The largest absolute Gasteiger partial charge is 0.453 e. The van der Waals surface area contributed by atoms with E-state index in [1.165, 1.54) is 13.2 Å². The number of carbonyl (C=O) groups is 1. The number of anilines is 1. The molecule has 1 amide bonds. The minimum Gasteiger partial charge on any atom is -0.453 e. The molecule has 0 aliphatic rings. The molecule has 1 heterocycles. The minimum atomic E-state index is -0.577. The lowest BCUT2D eigenvalue weighted by molar-refractivity contribution is 0.187. The van der Waals surface area contributed by atoms with E-state index in [0.717, 1.165) is 0 Å². The second-order valence-corrected chi connectivity index (χ2v) is 2.84. The summed E-state index contributed by atoms with van der Waals surface area (Å²) in [6.45, 7) is 0. The van der Waals surface area contributed by atoms with Crippen LogP contribution in [-0.2, 0) is 4.74 Å². The standard InChI is InChI=1S/C9H8N2O4/c1-14-8(12)10-5-2-3-6-7(4-5)15-9(13)11-6/h2-4H,1H3,(H,10,12)(H,11,13). The van der Waals surface area contributed by atoms with Crippen LogP contribution in [0.3, 0.4) is 0 Å². The van der Waals surface area contributed by atoms with Crippen molar-refractivity contribution < 1.29 is 13.9 Å². The van der Waals surface area contributed by atoms with E-state index >= 15 is 0 Å². The van der Waals surface area contributed by atoms with Crippen LogP contribution in [0, 0.1) is 0 Å². The summed E-state index contributed by atoms with van der Waals surface area (Å²) in [7, 11) is 1.27. The highest BCUT2D eigenvalue weighted by molar-refractivity contribution is 5.87. The molecule has 0 aliphatic carbocycles. The fraction of sp³-hybridized carbons (Fsp3) is 0.111. The van der Waals surface area contributed by atoms with E-state index in [9.17, 15) is 9.59 Å². The molecule has 15 heavy (non-hydrogen) atoms. The molecule has 6 heteroatoms. The molecule has 0 bridgehead atoms. The summed E-state index contributed by atoms with van der Waals surface area (Å²) in [5, 5.41) is 2.46. The number of rotatable bonds is 1. The fourth-order valence-corrected chi connectivity index (χ4v) is 1.19. The monoisotopic (exact) mass is 208 g/mol. The second-order valence-electron chi connectivity index (χ2n) is 2.84. The minimum absolute atomic E-state index is 0.383. The van der Waals surface area contributed by atoms with Gasteiger partial charge in [0.2, 0.25) is 0 Å². The maximum absolute atomic E-state index is 10.9. The SMILES string of the molecule is COC(=O)Nc1ccc2[nH]c(=O)oc2c1. The number of hydrogen-bond donors (Lipinski definition) is 2. The van der Waals surface area contributed by atoms with Crippen molar-refractivity contribution in [3.05, 3.63) is 28.7 Å². The summed E-state index contributed by atoms with van der Waals surface area (Å²) in [6, 6.07) is 4.79. The van der Waals surface area contributed by atoms with Gasteiger partial charge in [-0.15, -0.1) is 0 Å². The van der Waals surface area contributed by atoms with Gasteiger partial charge in [-0.05, 0) is 12.1 Å². The average Bonchev–Trinajstić information content (AvgIpc) is 2.57. The number of nitrogens with one attached hydrogen (secondary N) is 2. The Bertz CT molecular complexity index is 554. The van der Waals surface area contributed by atoms with Gasteiger partial charge in [0, 0.05) is 11.8 Å². The Labute approximate surface area is 83.8 Å². The van der Waals surface area contributed by atoms with E-state index in [1.54, 1.807) is 12.1 Å². The Kier molecular flexibility index (Phi) is 2.17. The average molecular weight is 208 g/mol. The first-order valence-corrected chi connectivity index (χ1v) is 4.17. The number of ether oxygens (including phenoxy) is 1. The number of benzene rings is 1. The van der Waals surface area contributed by atoms with Crippen LogP contribution in [0.2, 0.25) is 0 Å². The van der Waals surface area contributed by atoms with Crippen molar-refractivity contribution in [2.45, 2.75) is 0 Å². The van der Waals surface area contributed by atoms with Crippen LogP contribution >= 0.6 is 0 Å². The topological polar surface area (TPSA) is 84.3 Å². The summed E-state index contributed by atoms with van der Waals surface area (Å²) in [5.74, 6) is -0.528. The van der Waals surface area contributed by atoms with Crippen molar-refractivity contribution in [3.8, 4) is 0 Å². The Morgan fingerprint density at radius 2 is 2.33 bits per heavy atom. The molecule has 78 valence electrons. The number of aromatic amines is 1. The Hall–Kier alpha value is -2.24. The van der Waals surface area contributed by atoms with Crippen molar-refractivity contribution >= 4 is 22.9 Å². The van der Waals surface area contributed by atoms with E-state index in [4.69, 9.17) is 4.42 Å². The lowest BCUT2D eigenvalue weighted by Gasteiger charge is -2.01. The quantitative estimate of drug-likeness (QED) is 0.739. The molecule has 0 fully saturated rings. The van der Waals surface area contributed by atoms with Gasteiger partial charge in [0.25, 0.3) is 0 Å². The summed E-state index contributed by atoms with van der Waals surface area (Å²) in [5.41, 5.74) is 1.46. The van der Waals surface area contributed by atoms with Crippen LogP contribution in [0.4, 0.5) is 10.5 Å². The van der Waals surface area contributed by atoms with Crippen molar-refractivity contribution in [2.24, 2.45) is 0 Å². The first-order chi connectivity index (χ1) is 7.19. The third-order valence-electron chi connectivity index (χ3n) is 1.85. The zero-order chi connectivity index (χ0) is 10.8. The molecule has 0 aliphatic heterocycles. The summed E-state index contributed by atoms with van der Waals surface area (Å²) < 4.78 is 9.24. The van der Waals surface area contributed by atoms with E-state index in [-0.39, 0.29) is 0 Å². The van der Waals surface area contributed by atoms with E-state index < -0.39 is 11.8 Å². The lowest BCUT2D eigenvalue weighted by atomic mass is 10.3. The van der Waals surface area contributed by atoms with Gasteiger partial charge < -0.3 is 9.15 Å². The molecule has 0 radical (unpaired) electrons. The fourth-order valence-electron chi connectivity index (χ4n) is 1.19. The lowest BCUT2D eigenvalue weighted by Crippen LogP contribution is -2.10. The third kappa shape index (κ3) is 1.83. The van der Waals surface area contributed by atoms with E-state index in [0.29, 0.717) is 16.8 Å². The van der Waals surface area contributed by atoms with Gasteiger partial charge in [-0.1, -0.05) is 0 Å². The number of hydrogen-bond acceptors (Lipinski definition) is 4. The first kappa shape index (κ1) is 9.32. The van der Waals surface area contributed by atoms with E-state index in [2.05, 4.69) is 15.0 Å². The number of fused-ring (bicyclic) bond motifs is 1. The van der Waals surface area contributed by atoms with Gasteiger partial charge >= 0.3 is 11.8 Å². The van der Waals surface area contributed by atoms with Crippen LogP contribution in [0.15, 0.2) is 27.4 Å². The molecule has 1 aromatic carbocycles. The third-order valence-corrected chi connectivity index (χ3v) is 1.85. The van der Waals surface area contributed by atoms with Crippen molar-refractivity contribution in [1.82, 2.24) is 4.98 Å². The Morgan fingerprint density at radius 3 is 3.07 bits per heavy atom. The second kappa shape index (κ2) is 3.49. The summed E-state index contributed by atoms with van der Waals surface area (Å²) in [4.78, 5) is 24.2. The van der Waals surface area contributed by atoms with Crippen LogP contribution < -0.4 is 11.1 Å². The molecular weight excluding hydrogens is 200 g/mol. The molecule has 2 N–H and O–H groups in total. The highest BCUT2D eigenvalue weighted by Crippen LogP contribution is 2.16. The molecule has 0 saturated carbocycles. The molecule has 0 atom stereocenters. The Morgan fingerprint density at radius 1 is 1.53 bits per heavy atom. The zero-order valence-electron chi connectivity index (χ0n) is 7.87. The van der Waals surface area contributed by atoms with Crippen LogP contribution in [0.5, 0.6) is 0 Å². The van der Waals surface area contributed by atoms with Crippen LogP contribution in [0.1, 0.15) is 0 Å². The maximum Gasteiger partial charge on any atom is 0.417 e. The number of aromatic nitrogens is 1. The first-order valence-electron chi connectivity index (χ1n) is 4.17. The van der Waals surface area contributed by atoms with Crippen molar-refractivity contribution in [1.29, 1.82) is 0 Å². The van der Waals surface area contributed by atoms with Crippen molar-refractivity contribution in [2.75, 3.05) is 12.4 Å². The molecule has 6 nitrogen and oxygen atoms in total. The molecule has 1 aromatic heterocycles. The van der Waals surface area contributed by atoms with Crippen LogP contribution in [0.25, 0.3) is 11.1 Å². The number of H-pyrrole nitrogens is 1. The maximum atomic E-state index is 10.9. The number of amides is 1. The van der Waals surface area contributed by atoms with Gasteiger partial charge in [0.05, 0.1) is 12.6 Å². The van der Waals surface area contributed by atoms with Crippen molar-refractivity contribution in [3.63, 3.8) is 0 Å². The number of methoxy groups -OCH3 is 1. The van der Waals surface area contributed by atoms with Gasteiger partial charge in [0.15, 0.2) is 5.58 Å². The number of oxazole rings is 1. The Balaban J connectivity index is 2.38.